The second-order valence-electron chi connectivity index (χ2n) is 1.11. The minimum Gasteiger partial charge on any atom is -0.368 e. The van der Waals surface area contributed by atoms with Gasteiger partial charge in [-0.2, -0.15) is 0 Å². The van der Waals surface area contributed by atoms with Crippen LogP contribution in [0, 0.1) is 6.61 Å². The summed E-state index contributed by atoms with van der Waals surface area (Å²) in [6.45, 7) is 6.21. The Labute approximate surface area is 43.4 Å². The third-order valence-electron chi connectivity index (χ3n) is 0.372. The highest BCUT2D eigenvalue weighted by Crippen LogP contribution is 1.86. The van der Waals surface area contributed by atoms with E-state index in [9.17, 15) is 0 Å². The Bertz CT molecular complexity index is 50.0. The van der Waals surface area contributed by atoms with Gasteiger partial charge in [0.25, 0.3) is 0 Å². The summed E-state index contributed by atoms with van der Waals surface area (Å²) in [7, 11) is 0. The van der Waals surface area contributed by atoms with Crippen molar-refractivity contribution >= 4 is 0 Å². The molecular formula is C5H9O2. The van der Waals surface area contributed by atoms with Gasteiger partial charge in [0.15, 0.2) is 6.29 Å². The van der Waals surface area contributed by atoms with Gasteiger partial charge in [-0.25, -0.2) is 0 Å². The van der Waals surface area contributed by atoms with Crippen molar-refractivity contribution in [3.05, 3.63) is 19.3 Å². The van der Waals surface area contributed by atoms with Crippen LogP contribution in [0.5, 0.6) is 0 Å². The Morgan fingerprint density at radius 2 is 2.43 bits per heavy atom. The highest BCUT2D eigenvalue weighted by molar-refractivity contribution is 4.76. The standard InChI is InChI=1S/C5H9O2/c1-3-4-7-5(2)6/h3-6H,1H2,2H3. The summed E-state index contributed by atoms with van der Waals surface area (Å²) in [5.41, 5.74) is 0. The zero-order valence-corrected chi connectivity index (χ0v) is 4.29. The van der Waals surface area contributed by atoms with Crippen molar-refractivity contribution in [3.8, 4) is 0 Å². The first-order chi connectivity index (χ1) is 3.27. The Balaban J connectivity index is 2.81. The zero-order chi connectivity index (χ0) is 5.70. The summed E-state index contributed by atoms with van der Waals surface area (Å²) in [5.74, 6) is 0. The lowest BCUT2D eigenvalue weighted by Crippen LogP contribution is -2.01. The first-order valence-electron chi connectivity index (χ1n) is 2.05. The maximum Gasteiger partial charge on any atom is 0.152 e. The van der Waals surface area contributed by atoms with Crippen LogP contribution in [0.4, 0.5) is 0 Å². The molecule has 0 amide bonds. The molecule has 0 fully saturated rings. The molecule has 0 rings (SSSR count). The Kier molecular flexibility index (Phi) is 3.65. The number of rotatable bonds is 3. The van der Waals surface area contributed by atoms with Gasteiger partial charge in [0.2, 0.25) is 0 Å². The molecule has 41 valence electrons. The normalized spacial score (nSPS) is 13.4. The molecule has 1 N–H and O–H groups in total. The average molecular weight is 101 g/mol. The van der Waals surface area contributed by atoms with Crippen molar-refractivity contribution in [3.63, 3.8) is 0 Å². The van der Waals surface area contributed by atoms with E-state index in [2.05, 4.69) is 11.3 Å². The van der Waals surface area contributed by atoms with Gasteiger partial charge < -0.3 is 9.84 Å². The molecule has 0 aromatic heterocycles. The van der Waals surface area contributed by atoms with Crippen molar-refractivity contribution in [1.82, 2.24) is 0 Å². The maximum absolute atomic E-state index is 8.38. The second kappa shape index (κ2) is 3.84. The first-order valence-corrected chi connectivity index (χ1v) is 2.05. The third-order valence-corrected chi connectivity index (χ3v) is 0.372. The molecule has 0 aliphatic heterocycles. The van der Waals surface area contributed by atoms with Gasteiger partial charge in [-0.1, -0.05) is 6.08 Å². The van der Waals surface area contributed by atoms with Crippen LogP contribution < -0.4 is 0 Å². The predicted octanol–water partition coefficient (Wildman–Crippen LogP) is 0.689. The number of hydrogen-bond acceptors (Lipinski definition) is 2. The highest BCUT2D eigenvalue weighted by Gasteiger charge is 1.87. The monoisotopic (exact) mass is 101 g/mol. The van der Waals surface area contributed by atoms with Crippen LogP contribution in [-0.2, 0) is 4.74 Å². The van der Waals surface area contributed by atoms with E-state index in [1.54, 1.807) is 0 Å². The van der Waals surface area contributed by atoms with Crippen molar-refractivity contribution in [2.75, 3.05) is 0 Å². The molecule has 1 unspecified atom stereocenters. The first kappa shape index (κ1) is 6.66. The lowest BCUT2D eigenvalue weighted by molar-refractivity contribution is -0.0495. The van der Waals surface area contributed by atoms with Gasteiger partial charge in [0, 0.05) is 0 Å². The molecule has 1 radical (unpaired) electrons. The van der Waals surface area contributed by atoms with Gasteiger partial charge in [0.1, 0.15) is 6.61 Å². The maximum atomic E-state index is 8.38. The van der Waals surface area contributed by atoms with Crippen LogP contribution in [0.3, 0.4) is 0 Å². The van der Waals surface area contributed by atoms with Crippen molar-refractivity contribution in [2.24, 2.45) is 0 Å². The summed E-state index contributed by atoms with van der Waals surface area (Å²) >= 11 is 0. The van der Waals surface area contributed by atoms with E-state index in [0.29, 0.717) is 0 Å². The second-order valence-corrected chi connectivity index (χ2v) is 1.11. The fourth-order valence-corrected chi connectivity index (χ4v) is 0.169. The van der Waals surface area contributed by atoms with Gasteiger partial charge in [0.05, 0.1) is 0 Å². The zero-order valence-electron chi connectivity index (χ0n) is 4.29. The van der Waals surface area contributed by atoms with Gasteiger partial charge in [-0.05, 0) is 6.92 Å². The fourth-order valence-electron chi connectivity index (χ4n) is 0.169. The van der Waals surface area contributed by atoms with Crippen molar-refractivity contribution in [2.45, 2.75) is 13.2 Å². The van der Waals surface area contributed by atoms with Gasteiger partial charge in [-0.15, -0.1) is 6.58 Å². The molecule has 2 heteroatoms. The lowest BCUT2D eigenvalue weighted by atomic mass is 10.7. The van der Waals surface area contributed by atoms with Crippen LogP contribution in [0.2, 0.25) is 0 Å². The summed E-state index contributed by atoms with van der Waals surface area (Å²) in [6, 6.07) is 0. The van der Waals surface area contributed by atoms with E-state index in [4.69, 9.17) is 5.11 Å². The van der Waals surface area contributed by atoms with E-state index >= 15 is 0 Å². The Morgan fingerprint density at radius 1 is 1.86 bits per heavy atom. The summed E-state index contributed by atoms with van der Waals surface area (Å²) in [4.78, 5) is 0. The van der Waals surface area contributed by atoms with E-state index in [1.165, 1.54) is 19.6 Å². The van der Waals surface area contributed by atoms with Crippen LogP contribution in [0.15, 0.2) is 12.7 Å². The predicted molar refractivity (Wildman–Crippen MR) is 27.3 cm³/mol. The smallest absolute Gasteiger partial charge is 0.152 e. The quantitative estimate of drug-likeness (QED) is 0.530. The molecule has 1 atom stereocenters. The van der Waals surface area contributed by atoms with E-state index < -0.39 is 6.29 Å². The number of aliphatic hydroxyl groups is 1. The minimum atomic E-state index is -0.724. The SMILES string of the molecule is C=C[CH]OC(C)O. The summed E-state index contributed by atoms with van der Waals surface area (Å²) < 4.78 is 4.50. The molecule has 0 saturated carbocycles. The average Bonchev–Trinajstić information content (AvgIpc) is 1.61. The molecule has 0 heterocycles. The third kappa shape index (κ3) is 5.66. The van der Waals surface area contributed by atoms with Crippen molar-refractivity contribution < 1.29 is 9.84 Å². The molecule has 0 aliphatic rings. The minimum absolute atomic E-state index is 0.724. The van der Waals surface area contributed by atoms with Crippen LogP contribution >= 0.6 is 0 Å². The van der Waals surface area contributed by atoms with E-state index in [0.717, 1.165) is 0 Å². The summed E-state index contributed by atoms with van der Waals surface area (Å²) in [5, 5.41) is 8.38. The van der Waals surface area contributed by atoms with Gasteiger partial charge >= 0.3 is 0 Å². The largest absolute Gasteiger partial charge is 0.368 e. The molecule has 0 spiro atoms. The van der Waals surface area contributed by atoms with E-state index in [1.807, 2.05) is 0 Å². The molecular weight excluding hydrogens is 92.1 g/mol. The number of ether oxygens (including phenoxy) is 1. The molecule has 0 saturated heterocycles. The molecule has 0 bridgehead atoms. The summed E-state index contributed by atoms with van der Waals surface area (Å²) in [6.07, 6.45) is 0.741. The van der Waals surface area contributed by atoms with E-state index in [-0.39, 0.29) is 0 Å². The Morgan fingerprint density at radius 3 is 2.57 bits per heavy atom. The molecule has 7 heavy (non-hydrogen) atoms. The molecule has 2 nitrogen and oxygen atoms in total. The highest BCUT2D eigenvalue weighted by atomic mass is 16.6. The molecule has 0 aromatic rings. The Hall–Kier alpha value is -0.340. The molecule has 0 aromatic carbocycles. The topological polar surface area (TPSA) is 29.5 Å². The number of hydrogen-bond donors (Lipinski definition) is 1. The van der Waals surface area contributed by atoms with Crippen LogP contribution in [-0.4, -0.2) is 11.4 Å². The number of aliphatic hydroxyl groups excluding tert-OH is 1. The fraction of sp³-hybridized carbons (Fsp3) is 0.400. The van der Waals surface area contributed by atoms with Crippen LogP contribution in [0.1, 0.15) is 6.92 Å². The van der Waals surface area contributed by atoms with Crippen molar-refractivity contribution in [1.29, 1.82) is 0 Å². The lowest BCUT2D eigenvalue weighted by Gasteiger charge is -1.99. The molecule has 0 aliphatic carbocycles. The van der Waals surface area contributed by atoms with Crippen LogP contribution in [0.25, 0.3) is 0 Å². The van der Waals surface area contributed by atoms with Gasteiger partial charge in [-0.3, -0.25) is 0 Å².